The molecule has 18 heavy (non-hydrogen) atoms. The SMILES string of the molecule is Cc1cccc(C(=O)NCCc2cnc(C)[nH]2)c1. The number of nitrogens with zero attached hydrogens (tertiary/aromatic N) is 1. The van der Waals surface area contributed by atoms with Gasteiger partial charge in [0.15, 0.2) is 0 Å². The molecule has 4 heteroatoms. The first-order valence-corrected chi connectivity index (χ1v) is 6.00. The second-order valence-corrected chi connectivity index (χ2v) is 4.37. The zero-order valence-electron chi connectivity index (χ0n) is 10.7. The predicted molar refractivity (Wildman–Crippen MR) is 70.5 cm³/mol. The molecule has 1 aromatic carbocycles. The molecule has 0 fully saturated rings. The lowest BCUT2D eigenvalue weighted by molar-refractivity contribution is 0.0954. The normalized spacial score (nSPS) is 10.3. The predicted octanol–water partition coefficient (Wildman–Crippen LogP) is 2.00. The maximum absolute atomic E-state index is 11.9. The molecule has 2 N–H and O–H groups in total. The van der Waals surface area contributed by atoms with Crippen LogP contribution in [0, 0.1) is 13.8 Å². The summed E-state index contributed by atoms with van der Waals surface area (Å²) in [6.07, 6.45) is 2.56. The largest absolute Gasteiger partial charge is 0.352 e. The Kier molecular flexibility index (Phi) is 3.77. The number of carbonyl (C=O) groups excluding carboxylic acids is 1. The first-order valence-electron chi connectivity index (χ1n) is 6.00. The van der Waals surface area contributed by atoms with Crippen LogP contribution in [0.2, 0.25) is 0 Å². The van der Waals surface area contributed by atoms with Crippen LogP contribution in [0.4, 0.5) is 0 Å². The zero-order chi connectivity index (χ0) is 13.0. The van der Waals surface area contributed by atoms with Crippen LogP contribution in [-0.4, -0.2) is 22.4 Å². The summed E-state index contributed by atoms with van der Waals surface area (Å²) in [5, 5.41) is 2.90. The van der Waals surface area contributed by atoms with Gasteiger partial charge in [-0.3, -0.25) is 4.79 Å². The van der Waals surface area contributed by atoms with Crippen molar-refractivity contribution < 1.29 is 4.79 Å². The van der Waals surface area contributed by atoms with E-state index in [4.69, 9.17) is 0 Å². The van der Waals surface area contributed by atoms with Crippen LogP contribution in [0.15, 0.2) is 30.5 Å². The third-order valence-corrected chi connectivity index (χ3v) is 2.72. The van der Waals surface area contributed by atoms with Gasteiger partial charge in [0.05, 0.1) is 0 Å². The van der Waals surface area contributed by atoms with Crippen LogP contribution in [0.3, 0.4) is 0 Å². The molecule has 1 aromatic heterocycles. The molecule has 0 radical (unpaired) electrons. The van der Waals surface area contributed by atoms with E-state index in [1.807, 2.05) is 38.1 Å². The van der Waals surface area contributed by atoms with Crippen LogP contribution in [0.5, 0.6) is 0 Å². The van der Waals surface area contributed by atoms with Gasteiger partial charge in [0.25, 0.3) is 5.91 Å². The molecule has 0 unspecified atom stereocenters. The molecule has 4 nitrogen and oxygen atoms in total. The van der Waals surface area contributed by atoms with Gasteiger partial charge in [0, 0.05) is 30.4 Å². The molecule has 1 amide bonds. The summed E-state index contributed by atoms with van der Waals surface area (Å²) in [7, 11) is 0. The monoisotopic (exact) mass is 243 g/mol. The van der Waals surface area contributed by atoms with Gasteiger partial charge >= 0.3 is 0 Å². The van der Waals surface area contributed by atoms with E-state index in [0.717, 1.165) is 23.5 Å². The summed E-state index contributed by atoms with van der Waals surface area (Å²) >= 11 is 0. The van der Waals surface area contributed by atoms with Crippen molar-refractivity contribution in [2.24, 2.45) is 0 Å². The van der Waals surface area contributed by atoms with Gasteiger partial charge in [0.2, 0.25) is 0 Å². The number of hydrogen-bond acceptors (Lipinski definition) is 2. The molecule has 0 spiro atoms. The van der Waals surface area contributed by atoms with E-state index in [0.29, 0.717) is 12.1 Å². The summed E-state index contributed by atoms with van der Waals surface area (Å²) in [6.45, 7) is 4.49. The van der Waals surface area contributed by atoms with Crippen LogP contribution in [-0.2, 0) is 6.42 Å². The first-order chi connectivity index (χ1) is 8.65. The number of imidazole rings is 1. The van der Waals surface area contributed by atoms with E-state index in [1.54, 1.807) is 6.20 Å². The smallest absolute Gasteiger partial charge is 0.251 e. The van der Waals surface area contributed by atoms with Gasteiger partial charge in [-0.15, -0.1) is 0 Å². The topological polar surface area (TPSA) is 57.8 Å². The van der Waals surface area contributed by atoms with Crippen LogP contribution < -0.4 is 5.32 Å². The molecule has 0 saturated carbocycles. The van der Waals surface area contributed by atoms with Crippen molar-refractivity contribution in [2.75, 3.05) is 6.54 Å². The van der Waals surface area contributed by atoms with Crippen molar-refractivity contribution in [2.45, 2.75) is 20.3 Å². The average molecular weight is 243 g/mol. The molecular formula is C14H17N3O. The molecule has 2 rings (SSSR count). The van der Waals surface area contributed by atoms with Gasteiger partial charge in [-0.2, -0.15) is 0 Å². The minimum atomic E-state index is -0.0325. The highest BCUT2D eigenvalue weighted by Crippen LogP contribution is 2.03. The Morgan fingerprint density at radius 3 is 2.89 bits per heavy atom. The maximum Gasteiger partial charge on any atom is 0.251 e. The van der Waals surface area contributed by atoms with E-state index in [-0.39, 0.29) is 5.91 Å². The second kappa shape index (κ2) is 5.49. The molecule has 94 valence electrons. The number of H-pyrrole nitrogens is 1. The van der Waals surface area contributed by atoms with Crippen molar-refractivity contribution in [3.05, 3.63) is 53.1 Å². The van der Waals surface area contributed by atoms with Gasteiger partial charge in [-0.1, -0.05) is 17.7 Å². The number of hydrogen-bond donors (Lipinski definition) is 2. The third kappa shape index (κ3) is 3.20. The Labute approximate surface area is 106 Å². The van der Waals surface area contributed by atoms with Gasteiger partial charge in [0.1, 0.15) is 5.82 Å². The van der Waals surface area contributed by atoms with Gasteiger partial charge < -0.3 is 10.3 Å². The van der Waals surface area contributed by atoms with Crippen LogP contribution >= 0.6 is 0 Å². The molecule has 0 saturated heterocycles. The van der Waals surface area contributed by atoms with E-state index in [2.05, 4.69) is 15.3 Å². The molecule has 1 heterocycles. The molecule has 0 aliphatic heterocycles. The summed E-state index contributed by atoms with van der Waals surface area (Å²) in [6, 6.07) is 7.57. The summed E-state index contributed by atoms with van der Waals surface area (Å²) in [4.78, 5) is 19.1. The summed E-state index contributed by atoms with van der Waals surface area (Å²) in [5.74, 6) is 0.866. The Morgan fingerprint density at radius 1 is 1.39 bits per heavy atom. The molecule has 0 aliphatic rings. The van der Waals surface area contributed by atoms with Crippen molar-refractivity contribution in [1.29, 1.82) is 0 Å². The van der Waals surface area contributed by atoms with Crippen molar-refractivity contribution in [1.82, 2.24) is 15.3 Å². The highest BCUT2D eigenvalue weighted by atomic mass is 16.1. The standard InChI is InChI=1S/C14H17N3O/c1-10-4-3-5-12(8-10)14(18)15-7-6-13-9-16-11(2)17-13/h3-5,8-9H,6-7H2,1-2H3,(H,15,18)(H,16,17). The molecular weight excluding hydrogens is 226 g/mol. The van der Waals surface area contributed by atoms with E-state index in [9.17, 15) is 4.79 Å². The highest BCUT2D eigenvalue weighted by Gasteiger charge is 2.05. The fourth-order valence-corrected chi connectivity index (χ4v) is 1.80. The number of aryl methyl sites for hydroxylation is 2. The molecule has 0 aliphatic carbocycles. The molecule has 0 atom stereocenters. The van der Waals surface area contributed by atoms with Crippen molar-refractivity contribution in [3.63, 3.8) is 0 Å². The van der Waals surface area contributed by atoms with E-state index in [1.165, 1.54) is 0 Å². The average Bonchev–Trinajstić information content (AvgIpc) is 2.75. The zero-order valence-corrected chi connectivity index (χ0v) is 10.7. The van der Waals surface area contributed by atoms with Crippen molar-refractivity contribution in [3.8, 4) is 0 Å². The lowest BCUT2D eigenvalue weighted by Gasteiger charge is -2.04. The van der Waals surface area contributed by atoms with Gasteiger partial charge in [-0.25, -0.2) is 4.98 Å². The number of aromatic amines is 1. The fraction of sp³-hybridized carbons (Fsp3) is 0.286. The number of aromatic nitrogens is 2. The Balaban J connectivity index is 1.85. The summed E-state index contributed by atoms with van der Waals surface area (Å²) < 4.78 is 0. The second-order valence-electron chi connectivity index (χ2n) is 4.37. The lowest BCUT2D eigenvalue weighted by Crippen LogP contribution is -2.25. The van der Waals surface area contributed by atoms with E-state index < -0.39 is 0 Å². The van der Waals surface area contributed by atoms with Gasteiger partial charge in [-0.05, 0) is 26.0 Å². The third-order valence-electron chi connectivity index (χ3n) is 2.72. The first kappa shape index (κ1) is 12.4. The minimum absolute atomic E-state index is 0.0325. The quantitative estimate of drug-likeness (QED) is 0.863. The number of nitrogens with one attached hydrogen (secondary N) is 2. The Hall–Kier alpha value is -2.10. The van der Waals surface area contributed by atoms with E-state index >= 15 is 0 Å². The van der Waals surface area contributed by atoms with Crippen LogP contribution in [0.1, 0.15) is 27.4 Å². The number of amides is 1. The fourth-order valence-electron chi connectivity index (χ4n) is 1.80. The minimum Gasteiger partial charge on any atom is -0.352 e. The highest BCUT2D eigenvalue weighted by molar-refractivity contribution is 5.94. The lowest BCUT2D eigenvalue weighted by atomic mass is 10.1. The Morgan fingerprint density at radius 2 is 2.22 bits per heavy atom. The Bertz CT molecular complexity index is 545. The summed E-state index contributed by atoms with van der Waals surface area (Å²) in [5.41, 5.74) is 2.83. The van der Waals surface area contributed by atoms with Crippen molar-refractivity contribution >= 4 is 5.91 Å². The maximum atomic E-state index is 11.9. The number of benzene rings is 1. The molecule has 2 aromatic rings. The molecule has 0 bridgehead atoms. The number of carbonyl (C=O) groups is 1. The number of rotatable bonds is 4. The van der Waals surface area contributed by atoms with Crippen LogP contribution in [0.25, 0.3) is 0 Å².